The quantitative estimate of drug-likeness (QED) is 0.402. The number of hydrogen-bond acceptors (Lipinski definition) is 3. The van der Waals surface area contributed by atoms with E-state index in [1.807, 2.05) is 36.7 Å². The minimum Gasteiger partial charge on any atom is -0.726 e. The second kappa shape index (κ2) is 4.83. The average molecular weight is 227 g/mol. The van der Waals surface area contributed by atoms with Crippen molar-refractivity contribution >= 4 is 15.9 Å². The first-order valence-corrected chi connectivity index (χ1v) is 5.37. The van der Waals surface area contributed by atoms with Crippen LogP contribution in [0.2, 0.25) is 0 Å². The van der Waals surface area contributed by atoms with Crippen LogP contribution in [0.15, 0.2) is 48.8 Å². The van der Waals surface area contributed by atoms with E-state index in [1.54, 1.807) is 0 Å². The van der Waals surface area contributed by atoms with Crippen LogP contribution >= 0.6 is 0 Å². The summed E-state index contributed by atoms with van der Waals surface area (Å²) < 4.78 is 34.9. The second-order valence-electron chi connectivity index (χ2n) is 2.66. The van der Waals surface area contributed by atoms with E-state index in [0.717, 1.165) is 0 Å². The van der Waals surface area contributed by atoms with E-state index in [0.29, 0.717) is 0 Å². The number of aromatic nitrogens is 1. The van der Waals surface area contributed by atoms with Crippen molar-refractivity contribution < 1.29 is 21.9 Å². The van der Waals surface area contributed by atoms with Gasteiger partial charge in [-0.2, -0.15) is 4.40 Å². The molecular weight excluding hydrogens is 218 g/mol. The molecule has 0 radical (unpaired) electrons. The molecule has 80 valence electrons. The first-order valence-electron chi connectivity index (χ1n) is 4.00. The zero-order valence-electron chi connectivity index (χ0n) is 7.65. The van der Waals surface area contributed by atoms with Gasteiger partial charge in [-0.3, -0.25) is 4.55 Å². The Hall–Kier alpha value is -1.50. The third-order valence-corrected chi connectivity index (χ3v) is 1.55. The molecule has 0 bridgehead atoms. The lowest BCUT2D eigenvalue weighted by molar-refractivity contribution is -0.511. The molecule has 0 aliphatic heterocycles. The first kappa shape index (κ1) is 11.6. The molecule has 0 aromatic carbocycles. The van der Waals surface area contributed by atoms with E-state index in [2.05, 4.69) is 16.5 Å². The minimum atomic E-state index is -4.92. The molecule has 0 unspecified atom stereocenters. The minimum absolute atomic E-state index is 1.23. The molecule has 5 nitrogen and oxygen atoms in total. The number of rotatable bonds is 0. The molecule has 2 rings (SSSR count). The van der Waals surface area contributed by atoms with Crippen LogP contribution in [-0.2, 0) is 10.4 Å². The van der Waals surface area contributed by atoms with Crippen LogP contribution in [0.5, 0.6) is 0 Å². The van der Waals surface area contributed by atoms with Crippen molar-refractivity contribution in [2.45, 2.75) is 0 Å². The molecule has 6 heteroatoms. The van der Waals surface area contributed by atoms with Crippen molar-refractivity contribution in [3.63, 3.8) is 0 Å². The highest BCUT2D eigenvalue weighted by Crippen LogP contribution is 1.92. The zero-order chi connectivity index (χ0) is 11.3. The van der Waals surface area contributed by atoms with Crippen LogP contribution < -0.4 is 4.40 Å². The molecule has 2 aromatic rings. The van der Waals surface area contributed by atoms with Gasteiger partial charge in [0.2, 0.25) is 15.9 Å². The summed E-state index contributed by atoms with van der Waals surface area (Å²) in [5.41, 5.74) is 1.23. The summed E-state index contributed by atoms with van der Waals surface area (Å²) in [5.74, 6) is 0. The Bertz CT molecular complexity index is 465. The van der Waals surface area contributed by atoms with Gasteiger partial charge in [0.25, 0.3) is 0 Å². The highest BCUT2D eigenvalue weighted by Gasteiger charge is 1.93. The van der Waals surface area contributed by atoms with E-state index in [-0.39, 0.29) is 0 Å². The van der Waals surface area contributed by atoms with Gasteiger partial charge in [-0.05, 0) is 12.1 Å². The standard InChI is InChI=1S/C9H8N.H2O4S/c1-3-7-10-8-4-2-6-9(10)5-1;1-5(2,3)4/h1-8H;(H2,1,2,3,4)/q+1;/p-1. The Kier molecular flexibility index (Phi) is 3.73. The number of hydrogen-bond donors (Lipinski definition) is 1. The summed E-state index contributed by atoms with van der Waals surface area (Å²) in [4.78, 5) is 0. The third kappa shape index (κ3) is 5.06. The van der Waals surface area contributed by atoms with Crippen LogP contribution in [-0.4, -0.2) is 17.5 Å². The van der Waals surface area contributed by atoms with Gasteiger partial charge >= 0.3 is 0 Å². The normalized spacial score (nSPS) is 10.5. The van der Waals surface area contributed by atoms with Crippen LogP contribution in [0, 0.1) is 0 Å². The Morgan fingerprint density at radius 1 is 1.07 bits per heavy atom. The highest BCUT2D eigenvalue weighted by atomic mass is 32.3. The Morgan fingerprint density at radius 2 is 1.47 bits per heavy atom. The molecule has 0 aliphatic rings. The van der Waals surface area contributed by atoms with Gasteiger partial charge in [0.05, 0.1) is 0 Å². The van der Waals surface area contributed by atoms with E-state index in [9.17, 15) is 0 Å². The van der Waals surface area contributed by atoms with Crippen LogP contribution in [0.4, 0.5) is 0 Å². The van der Waals surface area contributed by atoms with Gasteiger partial charge in [-0.1, -0.05) is 0 Å². The summed E-state index contributed by atoms with van der Waals surface area (Å²) in [6, 6.07) is 12.3. The molecule has 0 spiro atoms. The first-order chi connectivity index (χ1) is 6.97. The monoisotopic (exact) mass is 227 g/mol. The summed E-state index contributed by atoms with van der Waals surface area (Å²) in [6.07, 6.45) is 4.07. The molecule has 0 aliphatic carbocycles. The molecule has 2 aromatic heterocycles. The predicted molar refractivity (Wildman–Crippen MR) is 51.9 cm³/mol. The van der Waals surface area contributed by atoms with Crippen molar-refractivity contribution in [2.24, 2.45) is 0 Å². The van der Waals surface area contributed by atoms with Crippen molar-refractivity contribution in [2.75, 3.05) is 0 Å². The topological polar surface area (TPSA) is 81.5 Å². The van der Waals surface area contributed by atoms with Crippen LogP contribution in [0.1, 0.15) is 0 Å². The van der Waals surface area contributed by atoms with Gasteiger partial charge in [0.1, 0.15) is 0 Å². The Morgan fingerprint density at radius 3 is 1.80 bits per heavy atom. The molecule has 0 atom stereocenters. The van der Waals surface area contributed by atoms with Crippen molar-refractivity contribution in [3.05, 3.63) is 48.8 Å². The molecule has 0 fully saturated rings. The molecule has 0 saturated carbocycles. The summed E-state index contributed by atoms with van der Waals surface area (Å²) in [5, 5.41) is 0. The maximum Gasteiger partial charge on any atom is 0.215 e. The molecule has 0 amide bonds. The number of pyridine rings is 2. The molecule has 0 saturated heterocycles. The van der Waals surface area contributed by atoms with Crippen molar-refractivity contribution in [1.29, 1.82) is 0 Å². The Labute approximate surface area is 87.2 Å². The molecular formula is C9H9NO4S. The van der Waals surface area contributed by atoms with Gasteiger partial charge in [0.15, 0.2) is 12.4 Å². The van der Waals surface area contributed by atoms with Gasteiger partial charge in [-0.15, -0.1) is 0 Å². The summed E-state index contributed by atoms with van der Waals surface area (Å²) in [6.45, 7) is 0. The molecule has 2 heterocycles. The fourth-order valence-electron chi connectivity index (χ4n) is 1.04. The van der Waals surface area contributed by atoms with E-state index < -0.39 is 10.4 Å². The predicted octanol–water partition coefficient (Wildman–Crippen LogP) is 0.430. The summed E-state index contributed by atoms with van der Waals surface area (Å²) >= 11 is 0. The fraction of sp³-hybridized carbons (Fsp3) is 0. The van der Waals surface area contributed by atoms with Gasteiger partial charge < -0.3 is 4.55 Å². The van der Waals surface area contributed by atoms with E-state index in [4.69, 9.17) is 17.5 Å². The molecule has 15 heavy (non-hydrogen) atoms. The lowest BCUT2D eigenvalue weighted by Crippen LogP contribution is -2.18. The van der Waals surface area contributed by atoms with Gasteiger partial charge in [0, 0.05) is 24.3 Å². The zero-order valence-corrected chi connectivity index (χ0v) is 8.46. The maximum atomic E-state index is 8.63. The van der Waals surface area contributed by atoms with Crippen LogP contribution in [0.25, 0.3) is 5.52 Å². The van der Waals surface area contributed by atoms with E-state index >= 15 is 0 Å². The van der Waals surface area contributed by atoms with Crippen molar-refractivity contribution in [1.82, 2.24) is 0 Å². The number of nitrogens with zero attached hydrogens (tertiary/aromatic N) is 1. The summed E-state index contributed by atoms with van der Waals surface area (Å²) in [7, 11) is -4.92. The number of fused-ring (bicyclic) bond motifs is 1. The van der Waals surface area contributed by atoms with E-state index in [1.165, 1.54) is 5.52 Å². The lowest BCUT2D eigenvalue weighted by Gasteiger charge is -1.88. The second-order valence-corrected chi connectivity index (χ2v) is 3.52. The average Bonchev–Trinajstić information content (AvgIpc) is 2.16. The van der Waals surface area contributed by atoms with Gasteiger partial charge in [-0.25, -0.2) is 8.42 Å². The molecule has 1 N–H and O–H groups in total. The van der Waals surface area contributed by atoms with Crippen LogP contribution in [0.3, 0.4) is 0 Å². The largest absolute Gasteiger partial charge is 0.726 e. The maximum absolute atomic E-state index is 8.63. The lowest BCUT2D eigenvalue weighted by atomic mass is 10.3. The third-order valence-electron chi connectivity index (χ3n) is 1.55. The SMILES string of the molecule is O=S(=O)([O-])O.c1cc[n+]2ccccc2c1. The Balaban J connectivity index is 0.000000195. The highest BCUT2D eigenvalue weighted by molar-refractivity contribution is 7.79. The fourth-order valence-corrected chi connectivity index (χ4v) is 1.04. The smallest absolute Gasteiger partial charge is 0.215 e. The van der Waals surface area contributed by atoms with Crippen molar-refractivity contribution in [3.8, 4) is 0 Å².